The molecular weight excluding hydrogens is 195 g/mol. The number of nitrogens with zero attached hydrogens (tertiary/aromatic N) is 1. The molecule has 0 bridgehead atoms. The van der Waals surface area contributed by atoms with Gasteiger partial charge in [0.1, 0.15) is 0 Å². The molecule has 0 aliphatic carbocycles. The van der Waals surface area contributed by atoms with E-state index in [9.17, 15) is 0 Å². The molecule has 0 aromatic carbocycles. The first-order valence-electron chi connectivity index (χ1n) is 2.71. The van der Waals surface area contributed by atoms with Crippen LogP contribution < -0.4 is 0 Å². The van der Waals surface area contributed by atoms with E-state index in [1.807, 2.05) is 13.8 Å². The van der Waals surface area contributed by atoms with Crippen molar-refractivity contribution in [3.63, 3.8) is 0 Å². The molecule has 4 heteroatoms. The molecule has 0 saturated carbocycles. The zero-order valence-corrected chi connectivity index (χ0v) is 8.71. The van der Waals surface area contributed by atoms with Crippen LogP contribution in [0.25, 0.3) is 5.48 Å². The minimum atomic E-state index is 0. The van der Waals surface area contributed by atoms with Gasteiger partial charge in [-0.1, -0.05) is 0 Å². The predicted octanol–water partition coefficient (Wildman–Crippen LogP) is 0.690. The first-order valence-corrected chi connectivity index (χ1v) is 2.71. The molecule has 0 amide bonds. The third kappa shape index (κ3) is 12.2. The Balaban J connectivity index is 0. The Morgan fingerprint density at radius 3 is 2.44 bits per heavy atom. The Labute approximate surface area is 81.0 Å². The van der Waals surface area contributed by atoms with Gasteiger partial charge in [-0.05, 0) is 13.8 Å². The summed E-state index contributed by atoms with van der Waals surface area (Å²) in [4.78, 5) is 4.75. The summed E-state index contributed by atoms with van der Waals surface area (Å²) in [5.41, 5.74) is 3.54. The van der Waals surface area contributed by atoms with Gasteiger partial charge in [-0.3, -0.25) is 0 Å². The van der Waals surface area contributed by atoms with Gasteiger partial charge in [0, 0.05) is 45.4 Å². The minimum absolute atomic E-state index is 0. The Morgan fingerprint density at radius 1 is 1.56 bits per heavy atom. The van der Waals surface area contributed by atoms with Crippen LogP contribution in [0.4, 0.5) is 0 Å². The largest absolute Gasteiger partial charge is 0.532 e. The topological polar surface area (TPSA) is 43.6 Å². The van der Waals surface area contributed by atoms with E-state index in [1.165, 1.54) is 0 Å². The summed E-state index contributed by atoms with van der Waals surface area (Å²) >= 11 is 0. The van der Waals surface area contributed by atoms with Crippen LogP contribution in [0.2, 0.25) is 0 Å². The summed E-state index contributed by atoms with van der Waals surface area (Å²) in [6, 6.07) is 0. The van der Waals surface area contributed by atoms with E-state index in [4.69, 9.17) is 9.94 Å². The second-order valence-electron chi connectivity index (χ2n) is 1.73. The molecule has 1 N–H and O–H groups in total. The van der Waals surface area contributed by atoms with Crippen molar-refractivity contribution in [2.24, 2.45) is 0 Å². The zero-order chi connectivity index (χ0) is 6.41. The SMILES string of the molecule is CC(C)O[N-]CCO.[Y]. The zero-order valence-electron chi connectivity index (χ0n) is 5.87. The Kier molecular flexibility index (Phi) is 12.6. The van der Waals surface area contributed by atoms with Crippen molar-refractivity contribution >= 4 is 0 Å². The molecule has 0 saturated heterocycles. The number of aliphatic hydroxyl groups is 1. The molecule has 0 rings (SSSR count). The predicted molar refractivity (Wildman–Crippen MR) is 31.5 cm³/mol. The van der Waals surface area contributed by atoms with Crippen molar-refractivity contribution in [3.8, 4) is 0 Å². The van der Waals surface area contributed by atoms with Crippen LogP contribution in [0.5, 0.6) is 0 Å². The van der Waals surface area contributed by atoms with E-state index in [0.717, 1.165) is 0 Å². The number of hydrogen-bond donors (Lipinski definition) is 1. The van der Waals surface area contributed by atoms with Gasteiger partial charge in [0.05, 0.1) is 0 Å². The molecule has 0 aliphatic heterocycles. The van der Waals surface area contributed by atoms with Gasteiger partial charge < -0.3 is 15.4 Å². The minimum Gasteiger partial charge on any atom is -0.532 e. The van der Waals surface area contributed by atoms with Gasteiger partial charge in [0.2, 0.25) is 0 Å². The van der Waals surface area contributed by atoms with E-state index < -0.39 is 0 Å². The maximum atomic E-state index is 8.21. The molecule has 9 heavy (non-hydrogen) atoms. The fourth-order valence-electron chi connectivity index (χ4n) is 0.243. The van der Waals surface area contributed by atoms with Crippen LogP contribution in [-0.4, -0.2) is 24.4 Å². The molecule has 3 nitrogen and oxygen atoms in total. The number of aliphatic hydroxyl groups excluding tert-OH is 1. The number of hydrogen-bond acceptors (Lipinski definition) is 2. The van der Waals surface area contributed by atoms with Crippen molar-refractivity contribution in [2.45, 2.75) is 20.0 Å². The monoisotopic (exact) mass is 207 g/mol. The third-order valence-electron chi connectivity index (χ3n) is 0.477. The fraction of sp³-hybridized carbons (Fsp3) is 1.00. The molecule has 0 heterocycles. The Bertz CT molecular complexity index is 52.2. The Morgan fingerprint density at radius 2 is 2.11 bits per heavy atom. The van der Waals surface area contributed by atoms with Gasteiger partial charge in [-0.25, -0.2) is 0 Å². The summed E-state index contributed by atoms with van der Waals surface area (Å²) < 4.78 is 0. The summed E-state index contributed by atoms with van der Waals surface area (Å²) in [7, 11) is 0. The fourth-order valence-corrected chi connectivity index (χ4v) is 0.243. The molecule has 0 fully saturated rings. The first-order chi connectivity index (χ1) is 3.77. The van der Waals surface area contributed by atoms with Crippen LogP contribution in [0.1, 0.15) is 13.8 Å². The quantitative estimate of drug-likeness (QED) is 0.544. The van der Waals surface area contributed by atoms with Crippen LogP contribution in [0.3, 0.4) is 0 Å². The van der Waals surface area contributed by atoms with Gasteiger partial charge in [0.25, 0.3) is 0 Å². The van der Waals surface area contributed by atoms with E-state index in [-0.39, 0.29) is 45.4 Å². The van der Waals surface area contributed by atoms with Crippen LogP contribution in [-0.2, 0) is 37.5 Å². The Hall–Kier alpha value is 0.984. The van der Waals surface area contributed by atoms with Gasteiger partial charge in [-0.15, -0.1) is 6.54 Å². The van der Waals surface area contributed by atoms with Crippen molar-refractivity contribution in [1.29, 1.82) is 0 Å². The normalized spacial score (nSPS) is 9.33. The molecular formula is C5H12NO2Y-. The standard InChI is InChI=1S/C5H12NO2.Y/c1-5(2)8-6-3-4-7;/h5,7H,3-4H2,1-2H3;/q-1;. The van der Waals surface area contributed by atoms with E-state index in [1.54, 1.807) is 0 Å². The van der Waals surface area contributed by atoms with E-state index in [0.29, 0.717) is 6.54 Å². The maximum absolute atomic E-state index is 8.21. The molecule has 0 aromatic rings. The number of rotatable bonds is 4. The van der Waals surface area contributed by atoms with E-state index >= 15 is 0 Å². The summed E-state index contributed by atoms with van der Waals surface area (Å²) in [6.45, 7) is 4.21. The van der Waals surface area contributed by atoms with Crippen LogP contribution in [0.15, 0.2) is 0 Å². The van der Waals surface area contributed by atoms with E-state index in [2.05, 4.69) is 5.48 Å². The van der Waals surface area contributed by atoms with Gasteiger partial charge >= 0.3 is 0 Å². The van der Waals surface area contributed by atoms with Gasteiger partial charge in [0.15, 0.2) is 0 Å². The molecule has 0 spiro atoms. The van der Waals surface area contributed by atoms with Crippen LogP contribution >= 0.6 is 0 Å². The van der Waals surface area contributed by atoms with Crippen molar-refractivity contribution in [3.05, 3.63) is 5.48 Å². The van der Waals surface area contributed by atoms with Crippen molar-refractivity contribution in [1.82, 2.24) is 0 Å². The second-order valence-corrected chi connectivity index (χ2v) is 1.73. The number of hydroxylamine groups is 1. The van der Waals surface area contributed by atoms with Crippen LogP contribution in [0, 0.1) is 0 Å². The molecule has 1 radical (unpaired) electrons. The average Bonchev–Trinajstić information content (AvgIpc) is 1.66. The van der Waals surface area contributed by atoms with Crippen molar-refractivity contribution < 1.29 is 42.7 Å². The van der Waals surface area contributed by atoms with Crippen molar-refractivity contribution in [2.75, 3.05) is 13.2 Å². The second kappa shape index (κ2) is 8.98. The molecule has 0 aromatic heterocycles. The third-order valence-corrected chi connectivity index (χ3v) is 0.477. The molecule has 0 atom stereocenters. The molecule has 0 unspecified atom stereocenters. The smallest absolute Gasteiger partial charge is 0.0303 e. The first kappa shape index (κ1) is 12.6. The molecule has 53 valence electrons. The summed E-state index contributed by atoms with van der Waals surface area (Å²) in [5, 5.41) is 8.21. The van der Waals surface area contributed by atoms with Gasteiger partial charge in [-0.2, -0.15) is 0 Å². The molecule has 0 aliphatic rings. The average molecular weight is 207 g/mol. The summed E-state index contributed by atoms with van der Waals surface area (Å²) in [6.07, 6.45) is 0.126. The summed E-state index contributed by atoms with van der Waals surface area (Å²) in [5.74, 6) is 0. The maximum Gasteiger partial charge on any atom is 0.0303 e.